The molecule has 0 spiro atoms. The van der Waals surface area contributed by atoms with Crippen molar-refractivity contribution in [2.75, 3.05) is 54.0 Å². The lowest BCUT2D eigenvalue weighted by Gasteiger charge is -2.29. The summed E-state index contributed by atoms with van der Waals surface area (Å²) in [7, 11) is 2.94. The van der Waals surface area contributed by atoms with Crippen LogP contribution in [-0.2, 0) is 9.59 Å². The van der Waals surface area contributed by atoms with E-state index in [1.807, 2.05) is 0 Å². The normalized spacial score (nSPS) is 21.4. The molecule has 6 rings (SSSR count). The van der Waals surface area contributed by atoms with Gasteiger partial charge in [-0.2, -0.15) is 0 Å². The van der Waals surface area contributed by atoms with E-state index >= 15 is 0 Å². The van der Waals surface area contributed by atoms with Crippen LogP contribution in [0.4, 0.5) is 0 Å². The molecule has 0 aromatic heterocycles. The number of hydrogen-bond acceptors (Lipinski definition) is 10. The van der Waals surface area contributed by atoms with Gasteiger partial charge < -0.3 is 43.3 Å². The molecule has 1 N–H and O–H groups in total. The molecule has 0 radical (unpaired) electrons. The summed E-state index contributed by atoms with van der Waals surface area (Å²) in [5.74, 6) is 0.498. The van der Waals surface area contributed by atoms with E-state index in [2.05, 4.69) is 4.90 Å². The fourth-order valence-electron chi connectivity index (χ4n) is 5.50. The Morgan fingerprint density at radius 2 is 1.63 bits per heavy atom. The second-order valence-corrected chi connectivity index (χ2v) is 9.38. The number of hydrogen-bond donors (Lipinski definition) is 1. The maximum absolute atomic E-state index is 13.5. The van der Waals surface area contributed by atoms with Gasteiger partial charge >= 0.3 is 0 Å². The number of ether oxygens (including phenoxy) is 6. The van der Waals surface area contributed by atoms with E-state index in [4.69, 9.17) is 28.4 Å². The number of rotatable bonds is 7. The zero-order chi connectivity index (χ0) is 26.4. The van der Waals surface area contributed by atoms with Crippen LogP contribution in [-0.4, -0.2) is 80.6 Å². The molecule has 11 nitrogen and oxygen atoms in total. The average Bonchev–Trinajstić information content (AvgIpc) is 3.74. The van der Waals surface area contributed by atoms with Gasteiger partial charge in [0.05, 0.1) is 25.8 Å². The Morgan fingerprint density at radius 3 is 2.39 bits per heavy atom. The fraction of sp³-hybridized carbons (Fsp3) is 0.407. The summed E-state index contributed by atoms with van der Waals surface area (Å²) >= 11 is 0. The lowest BCUT2D eigenvalue weighted by Crippen LogP contribution is -2.37. The topological polar surface area (TPSA) is 116 Å². The first-order valence-electron chi connectivity index (χ1n) is 12.5. The molecule has 0 bridgehead atoms. The van der Waals surface area contributed by atoms with Crippen LogP contribution >= 0.6 is 0 Å². The Kier molecular flexibility index (Phi) is 6.15. The largest absolute Gasteiger partial charge is 0.507 e. The van der Waals surface area contributed by atoms with Gasteiger partial charge in [0.2, 0.25) is 25.1 Å². The number of aliphatic hydroxyl groups excluding tert-OH is 1. The first kappa shape index (κ1) is 24.2. The highest BCUT2D eigenvalue weighted by molar-refractivity contribution is 6.46. The molecular formula is C27H28N2O9. The molecule has 2 aromatic rings. The van der Waals surface area contributed by atoms with Crippen molar-refractivity contribution in [3.8, 4) is 34.5 Å². The van der Waals surface area contributed by atoms with Gasteiger partial charge in [-0.1, -0.05) is 0 Å². The highest BCUT2D eigenvalue weighted by Crippen LogP contribution is 2.54. The molecule has 4 aliphatic rings. The van der Waals surface area contributed by atoms with Crippen molar-refractivity contribution in [1.29, 1.82) is 0 Å². The Balaban J connectivity index is 1.51. The number of carbonyl (C=O) groups excluding carboxylic acids is 2. The number of aliphatic hydroxyl groups is 1. The number of Topliss-reactive ketones (excluding diaryl/α,β-unsaturated/α-hetero) is 1. The van der Waals surface area contributed by atoms with Gasteiger partial charge in [0.25, 0.3) is 11.7 Å². The molecule has 2 fully saturated rings. The molecule has 1 amide bonds. The van der Waals surface area contributed by atoms with Crippen LogP contribution in [0.15, 0.2) is 29.8 Å². The molecule has 0 unspecified atom stereocenters. The minimum Gasteiger partial charge on any atom is -0.507 e. The first-order chi connectivity index (χ1) is 18.5. The van der Waals surface area contributed by atoms with Crippen molar-refractivity contribution in [3.63, 3.8) is 0 Å². The van der Waals surface area contributed by atoms with Gasteiger partial charge in [0.1, 0.15) is 5.76 Å². The number of methoxy groups -OCH3 is 2. The lowest BCUT2D eigenvalue weighted by atomic mass is 9.93. The SMILES string of the molecule is COc1c([C@@H]2C(=C(O)c3ccc4c(c3)OCO4)C(=O)C(=O)N2CCN2CCCC2)cc2c(c1OC)OCO2. The summed E-state index contributed by atoms with van der Waals surface area (Å²) in [6.07, 6.45) is 2.19. The summed E-state index contributed by atoms with van der Waals surface area (Å²) in [6.45, 7) is 2.81. The van der Waals surface area contributed by atoms with Gasteiger partial charge in [-0.15, -0.1) is 0 Å². The van der Waals surface area contributed by atoms with E-state index in [1.54, 1.807) is 24.3 Å². The van der Waals surface area contributed by atoms with E-state index in [9.17, 15) is 14.7 Å². The minimum atomic E-state index is -0.957. The number of amides is 1. The summed E-state index contributed by atoms with van der Waals surface area (Å²) in [4.78, 5) is 30.7. The van der Waals surface area contributed by atoms with Crippen molar-refractivity contribution in [3.05, 3.63) is 41.0 Å². The second kappa shape index (κ2) is 9.64. The highest BCUT2D eigenvalue weighted by Gasteiger charge is 2.48. The van der Waals surface area contributed by atoms with Crippen LogP contribution in [0, 0.1) is 0 Å². The number of carbonyl (C=O) groups is 2. The average molecular weight is 525 g/mol. The molecule has 200 valence electrons. The van der Waals surface area contributed by atoms with Crippen LogP contribution in [0.2, 0.25) is 0 Å². The zero-order valence-corrected chi connectivity index (χ0v) is 21.2. The third kappa shape index (κ3) is 3.85. The predicted octanol–water partition coefficient (Wildman–Crippen LogP) is 2.68. The monoisotopic (exact) mass is 524 g/mol. The Labute approximate surface area is 219 Å². The lowest BCUT2D eigenvalue weighted by molar-refractivity contribution is -0.140. The van der Waals surface area contributed by atoms with Crippen molar-refractivity contribution in [1.82, 2.24) is 9.80 Å². The molecule has 2 aromatic carbocycles. The van der Waals surface area contributed by atoms with Crippen molar-refractivity contribution < 1.29 is 43.1 Å². The van der Waals surface area contributed by atoms with Gasteiger partial charge in [-0.3, -0.25) is 9.59 Å². The summed E-state index contributed by atoms with van der Waals surface area (Å²) in [6, 6.07) is 5.58. The van der Waals surface area contributed by atoms with Crippen molar-refractivity contribution in [2.45, 2.75) is 18.9 Å². The maximum Gasteiger partial charge on any atom is 0.295 e. The standard InChI is InChI=1S/C27H28N2O9/c1-33-24-16(12-19-25(26(24)34-2)38-14-37-19)21-20(22(30)15-5-6-17-18(11-15)36-13-35-17)23(31)27(32)29(21)10-9-28-7-3-4-8-28/h5-6,11-12,21,30H,3-4,7-10,13-14H2,1-2H3/t21-/m1/s1. The summed E-state index contributed by atoms with van der Waals surface area (Å²) in [5.41, 5.74) is 0.703. The number of benzene rings is 2. The number of likely N-dealkylation sites (tertiary alicyclic amines) is 2. The molecule has 38 heavy (non-hydrogen) atoms. The number of fused-ring (bicyclic) bond motifs is 2. The van der Waals surface area contributed by atoms with Crippen LogP contribution in [0.1, 0.15) is 30.0 Å². The second-order valence-electron chi connectivity index (χ2n) is 9.38. The van der Waals surface area contributed by atoms with Crippen LogP contribution in [0.3, 0.4) is 0 Å². The van der Waals surface area contributed by atoms with Crippen LogP contribution in [0.5, 0.6) is 34.5 Å². The minimum absolute atomic E-state index is 0.00928. The molecule has 11 heteroatoms. The Hall–Kier alpha value is -4.12. The molecular weight excluding hydrogens is 496 g/mol. The van der Waals surface area contributed by atoms with Gasteiger partial charge in [-0.05, 0) is 50.2 Å². The van der Waals surface area contributed by atoms with E-state index in [1.165, 1.54) is 19.1 Å². The number of ketones is 1. The molecule has 0 saturated carbocycles. The van der Waals surface area contributed by atoms with E-state index in [0.717, 1.165) is 25.9 Å². The van der Waals surface area contributed by atoms with Crippen LogP contribution in [0.25, 0.3) is 5.76 Å². The quantitative estimate of drug-likeness (QED) is 0.329. The predicted molar refractivity (Wildman–Crippen MR) is 133 cm³/mol. The van der Waals surface area contributed by atoms with E-state index in [-0.39, 0.29) is 43.0 Å². The fourth-order valence-corrected chi connectivity index (χ4v) is 5.50. The molecule has 1 atom stereocenters. The number of nitrogens with zero attached hydrogens (tertiary/aromatic N) is 2. The van der Waals surface area contributed by atoms with Crippen molar-refractivity contribution in [2.24, 2.45) is 0 Å². The van der Waals surface area contributed by atoms with Gasteiger partial charge in [-0.25, -0.2) is 0 Å². The Morgan fingerprint density at radius 1 is 0.921 bits per heavy atom. The summed E-state index contributed by atoms with van der Waals surface area (Å²) in [5, 5.41) is 11.5. The first-order valence-corrected chi connectivity index (χ1v) is 12.5. The third-order valence-electron chi connectivity index (χ3n) is 7.35. The maximum atomic E-state index is 13.5. The summed E-state index contributed by atoms with van der Waals surface area (Å²) < 4.78 is 33.4. The third-order valence-corrected chi connectivity index (χ3v) is 7.35. The smallest absolute Gasteiger partial charge is 0.295 e. The van der Waals surface area contributed by atoms with Gasteiger partial charge in [0.15, 0.2) is 23.0 Å². The molecule has 4 aliphatic heterocycles. The van der Waals surface area contributed by atoms with Gasteiger partial charge in [0, 0.05) is 24.2 Å². The molecule has 4 heterocycles. The molecule has 2 saturated heterocycles. The van der Waals surface area contributed by atoms with Crippen molar-refractivity contribution >= 4 is 17.4 Å². The zero-order valence-electron chi connectivity index (χ0n) is 21.2. The van der Waals surface area contributed by atoms with Crippen LogP contribution < -0.4 is 28.4 Å². The van der Waals surface area contributed by atoms with E-state index in [0.29, 0.717) is 40.7 Å². The molecule has 0 aliphatic carbocycles. The Bertz CT molecular complexity index is 1330. The van der Waals surface area contributed by atoms with E-state index < -0.39 is 17.7 Å². The highest BCUT2D eigenvalue weighted by atomic mass is 16.7.